The van der Waals surface area contributed by atoms with Crippen LogP contribution in [0.1, 0.15) is 17.2 Å². The van der Waals surface area contributed by atoms with Crippen LogP contribution in [-0.2, 0) is 0 Å². The molecule has 5 heteroatoms. The SMILES string of the molecule is COc1cccc(C(N)c2cscc2Br)c1OC. The molecule has 2 rings (SSSR count). The summed E-state index contributed by atoms with van der Waals surface area (Å²) in [5, 5.41) is 4.05. The molecule has 0 radical (unpaired) electrons. The van der Waals surface area contributed by atoms with Crippen LogP contribution in [-0.4, -0.2) is 14.2 Å². The van der Waals surface area contributed by atoms with E-state index in [9.17, 15) is 0 Å². The van der Waals surface area contributed by atoms with E-state index in [4.69, 9.17) is 15.2 Å². The monoisotopic (exact) mass is 327 g/mol. The van der Waals surface area contributed by atoms with Crippen molar-refractivity contribution >= 4 is 27.3 Å². The number of hydrogen-bond donors (Lipinski definition) is 1. The molecular formula is C13H14BrNO2S. The number of rotatable bonds is 4. The fourth-order valence-electron chi connectivity index (χ4n) is 1.84. The van der Waals surface area contributed by atoms with Crippen LogP contribution in [0.3, 0.4) is 0 Å². The summed E-state index contributed by atoms with van der Waals surface area (Å²) < 4.78 is 11.7. The van der Waals surface area contributed by atoms with E-state index in [0.29, 0.717) is 11.5 Å². The summed E-state index contributed by atoms with van der Waals surface area (Å²) in [6.45, 7) is 0. The van der Waals surface area contributed by atoms with E-state index in [1.807, 2.05) is 29.0 Å². The lowest BCUT2D eigenvalue weighted by atomic mass is 10.0. The lowest BCUT2D eigenvalue weighted by Crippen LogP contribution is -2.13. The standard InChI is InChI=1S/C13H14BrNO2S/c1-16-11-5-3-4-8(13(11)17-2)12(15)9-6-18-7-10(9)14/h3-7,12H,15H2,1-2H3. The highest BCUT2D eigenvalue weighted by Crippen LogP contribution is 2.38. The first kappa shape index (κ1) is 13.4. The number of benzene rings is 1. The number of methoxy groups -OCH3 is 2. The second kappa shape index (κ2) is 5.73. The first-order chi connectivity index (χ1) is 8.69. The van der Waals surface area contributed by atoms with E-state index in [-0.39, 0.29) is 6.04 Å². The number of ether oxygens (including phenoxy) is 2. The van der Waals surface area contributed by atoms with Gasteiger partial charge in [0.05, 0.1) is 20.3 Å². The Labute approximate surface area is 119 Å². The van der Waals surface area contributed by atoms with Crippen molar-refractivity contribution in [1.29, 1.82) is 0 Å². The molecule has 0 aliphatic rings. The molecule has 18 heavy (non-hydrogen) atoms. The van der Waals surface area contributed by atoms with Crippen LogP contribution >= 0.6 is 27.3 Å². The highest BCUT2D eigenvalue weighted by Gasteiger charge is 2.19. The summed E-state index contributed by atoms with van der Waals surface area (Å²) >= 11 is 5.12. The largest absolute Gasteiger partial charge is 0.493 e. The molecule has 0 aliphatic carbocycles. The molecule has 1 heterocycles. The van der Waals surface area contributed by atoms with Crippen molar-refractivity contribution in [1.82, 2.24) is 0 Å². The van der Waals surface area contributed by atoms with Crippen molar-refractivity contribution < 1.29 is 9.47 Å². The summed E-state index contributed by atoms with van der Waals surface area (Å²) in [5.41, 5.74) is 8.26. The Morgan fingerprint density at radius 2 is 1.94 bits per heavy atom. The van der Waals surface area contributed by atoms with Crippen LogP contribution in [0.4, 0.5) is 0 Å². The normalized spacial score (nSPS) is 12.2. The summed E-state index contributed by atoms with van der Waals surface area (Å²) in [6, 6.07) is 5.49. The smallest absolute Gasteiger partial charge is 0.165 e. The van der Waals surface area contributed by atoms with E-state index < -0.39 is 0 Å². The molecule has 1 aromatic carbocycles. The third-order valence-corrected chi connectivity index (χ3v) is 4.50. The average Bonchev–Trinajstić information content (AvgIpc) is 2.83. The van der Waals surface area contributed by atoms with Crippen molar-refractivity contribution in [3.8, 4) is 11.5 Å². The van der Waals surface area contributed by atoms with Gasteiger partial charge in [0.25, 0.3) is 0 Å². The van der Waals surface area contributed by atoms with Crippen LogP contribution in [0.2, 0.25) is 0 Å². The van der Waals surface area contributed by atoms with Gasteiger partial charge in [-0.25, -0.2) is 0 Å². The third kappa shape index (κ3) is 2.39. The topological polar surface area (TPSA) is 44.5 Å². The highest BCUT2D eigenvalue weighted by atomic mass is 79.9. The molecule has 0 saturated heterocycles. The molecule has 0 aliphatic heterocycles. The molecular weight excluding hydrogens is 314 g/mol. The van der Waals surface area contributed by atoms with Gasteiger partial charge in [0.1, 0.15) is 0 Å². The Morgan fingerprint density at radius 1 is 1.17 bits per heavy atom. The Morgan fingerprint density at radius 3 is 2.50 bits per heavy atom. The second-order valence-electron chi connectivity index (χ2n) is 3.74. The minimum absolute atomic E-state index is 0.240. The zero-order valence-electron chi connectivity index (χ0n) is 10.1. The van der Waals surface area contributed by atoms with Gasteiger partial charge in [0.2, 0.25) is 0 Å². The zero-order chi connectivity index (χ0) is 13.1. The number of halogens is 1. The lowest BCUT2D eigenvalue weighted by molar-refractivity contribution is 0.350. The number of hydrogen-bond acceptors (Lipinski definition) is 4. The first-order valence-electron chi connectivity index (χ1n) is 5.37. The van der Waals surface area contributed by atoms with Gasteiger partial charge in [-0.3, -0.25) is 0 Å². The average molecular weight is 328 g/mol. The molecule has 0 amide bonds. The van der Waals surface area contributed by atoms with Gasteiger partial charge in [-0.2, -0.15) is 11.3 Å². The van der Waals surface area contributed by atoms with Crippen molar-refractivity contribution in [2.75, 3.05) is 14.2 Å². The van der Waals surface area contributed by atoms with Gasteiger partial charge >= 0.3 is 0 Å². The maximum atomic E-state index is 6.30. The molecule has 0 saturated carbocycles. The predicted octanol–water partition coefficient (Wildman–Crippen LogP) is 3.58. The second-order valence-corrected chi connectivity index (χ2v) is 5.33. The fourth-order valence-corrected chi connectivity index (χ4v) is 3.42. The Hall–Kier alpha value is -1.04. The Bertz CT molecular complexity index is 542. The number of nitrogens with two attached hydrogens (primary N) is 1. The molecule has 0 bridgehead atoms. The maximum absolute atomic E-state index is 6.30. The number of para-hydroxylation sites is 1. The summed E-state index contributed by atoms with van der Waals surface area (Å²) in [6.07, 6.45) is 0. The summed E-state index contributed by atoms with van der Waals surface area (Å²) in [4.78, 5) is 0. The van der Waals surface area contributed by atoms with Gasteiger partial charge in [0, 0.05) is 15.4 Å². The molecule has 0 spiro atoms. The third-order valence-electron chi connectivity index (χ3n) is 2.75. The number of thiophene rings is 1. The van der Waals surface area contributed by atoms with Crippen molar-refractivity contribution in [2.45, 2.75) is 6.04 Å². The van der Waals surface area contributed by atoms with Crippen molar-refractivity contribution in [3.63, 3.8) is 0 Å². The molecule has 2 N–H and O–H groups in total. The fraction of sp³-hybridized carbons (Fsp3) is 0.231. The molecule has 3 nitrogen and oxygen atoms in total. The van der Waals surface area contributed by atoms with E-state index in [0.717, 1.165) is 15.6 Å². The first-order valence-corrected chi connectivity index (χ1v) is 7.10. The van der Waals surface area contributed by atoms with Gasteiger partial charge in [-0.15, -0.1) is 0 Å². The Balaban J connectivity index is 2.48. The molecule has 1 aromatic heterocycles. The Kier molecular flexibility index (Phi) is 4.27. The molecule has 0 fully saturated rings. The van der Waals surface area contributed by atoms with E-state index in [2.05, 4.69) is 15.9 Å². The molecule has 1 atom stereocenters. The van der Waals surface area contributed by atoms with Gasteiger partial charge in [-0.05, 0) is 32.9 Å². The minimum atomic E-state index is -0.240. The van der Waals surface area contributed by atoms with E-state index in [1.165, 1.54) is 0 Å². The molecule has 96 valence electrons. The van der Waals surface area contributed by atoms with E-state index in [1.54, 1.807) is 25.6 Å². The van der Waals surface area contributed by atoms with Gasteiger partial charge in [-0.1, -0.05) is 12.1 Å². The quantitative estimate of drug-likeness (QED) is 0.933. The van der Waals surface area contributed by atoms with Crippen molar-refractivity contribution in [2.24, 2.45) is 5.73 Å². The summed E-state index contributed by atoms with van der Waals surface area (Å²) in [7, 11) is 3.24. The maximum Gasteiger partial charge on any atom is 0.165 e. The van der Waals surface area contributed by atoms with Crippen LogP contribution < -0.4 is 15.2 Å². The lowest BCUT2D eigenvalue weighted by Gasteiger charge is -2.17. The van der Waals surface area contributed by atoms with Crippen LogP contribution in [0.5, 0.6) is 11.5 Å². The zero-order valence-corrected chi connectivity index (χ0v) is 12.5. The summed E-state index contributed by atoms with van der Waals surface area (Å²) in [5.74, 6) is 1.38. The molecule has 1 unspecified atom stereocenters. The predicted molar refractivity (Wildman–Crippen MR) is 77.6 cm³/mol. The minimum Gasteiger partial charge on any atom is -0.493 e. The van der Waals surface area contributed by atoms with Crippen LogP contribution in [0, 0.1) is 0 Å². The van der Waals surface area contributed by atoms with Crippen LogP contribution in [0.15, 0.2) is 33.4 Å². The van der Waals surface area contributed by atoms with E-state index >= 15 is 0 Å². The van der Waals surface area contributed by atoms with Gasteiger partial charge in [0.15, 0.2) is 11.5 Å². The molecule has 2 aromatic rings. The highest BCUT2D eigenvalue weighted by molar-refractivity contribution is 9.10. The van der Waals surface area contributed by atoms with Gasteiger partial charge < -0.3 is 15.2 Å². The van der Waals surface area contributed by atoms with Crippen LogP contribution in [0.25, 0.3) is 0 Å². The van der Waals surface area contributed by atoms with Crippen molar-refractivity contribution in [3.05, 3.63) is 44.6 Å².